The van der Waals surface area contributed by atoms with Crippen LogP contribution in [0, 0.1) is 5.41 Å². The fourth-order valence-electron chi connectivity index (χ4n) is 0.511. The van der Waals surface area contributed by atoms with Crippen LogP contribution in [0.5, 0.6) is 0 Å². The van der Waals surface area contributed by atoms with E-state index in [1.807, 2.05) is 20.8 Å². The van der Waals surface area contributed by atoms with Gasteiger partial charge in [-0.15, -0.1) is 0 Å². The fourth-order valence-corrected chi connectivity index (χ4v) is 0.511. The summed E-state index contributed by atoms with van der Waals surface area (Å²) in [4.78, 5) is 0. The Labute approximate surface area is 56.6 Å². The molecule has 0 rings (SSSR count). The van der Waals surface area contributed by atoms with Crippen molar-refractivity contribution in [3.8, 4) is 0 Å². The molecule has 2 heteroatoms. The third-order valence-electron chi connectivity index (χ3n) is 1.22. The van der Waals surface area contributed by atoms with Gasteiger partial charge in [-0.3, -0.25) is 4.39 Å². The van der Waals surface area contributed by atoms with E-state index < -0.39 is 0 Å². The Balaban J connectivity index is 3.33. The SMILES string of the molecule is CCNCC(C)(C)CF. The predicted molar refractivity (Wildman–Crippen MR) is 38.3 cm³/mol. The summed E-state index contributed by atoms with van der Waals surface area (Å²) in [6, 6.07) is 0. The maximum atomic E-state index is 12.1. The van der Waals surface area contributed by atoms with E-state index in [9.17, 15) is 4.39 Å². The molecular formula is C7H16FN. The molecule has 0 aliphatic rings. The summed E-state index contributed by atoms with van der Waals surface area (Å²) in [5.41, 5.74) is -0.185. The highest BCUT2D eigenvalue weighted by Gasteiger charge is 2.15. The highest BCUT2D eigenvalue weighted by Crippen LogP contribution is 2.12. The molecule has 0 aromatic rings. The van der Waals surface area contributed by atoms with E-state index in [0.717, 1.165) is 13.1 Å². The smallest absolute Gasteiger partial charge is 0.0957 e. The first-order chi connectivity index (χ1) is 4.12. The van der Waals surface area contributed by atoms with Crippen molar-refractivity contribution in [2.24, 2.45) is 5.41 Å². The summed E-state index contributed by atoms with van der Waals surface area (Å²) in [6.45, 7) is 7.28. The minimum atomic E-state index is -0.250. The van der Waals surface area contributed by atoms with Crippen molar-refractivity contribution in [2.45, 2.75) is 20.8 Å². The van der Waals surface area contributed by atoms with Crippen LogP contribution in [-0.2, 0) is 0 Å². The van der Waals surface area contributed by atoms with E-state index in [1.54, 1.807) is 0 Å². The lowest BCUT2D eigenvalue weighted by atomic mass is 9.96. The average molecular weight is 133 g/mol. The third-order valence-corrected chi connectivity index (χ3v) is 1.22. The highest BCUT2D eigenvalue weighted by molar-refractivity contribution is 4.69. The summed E-state index contributed by atoms with van der Waals surface area (Å²) in [5.74, 6) is 0. The maximum absolute atomic E-state index is 12.1. The van der Waals surface area contributed by atoms with Crippen LogP contribution < -0.4 is 5.32 Å². The summed E-state index contributed by atoms with van der Waals surface area (Å²) < 4.78 is 12.1. The van der Waals surface area contributed by atoms with Crippen LogP contribution in [-0.4, -0.2) is 19.8 Å². The monoisotopic (exact) mass is 133 g/mol. The van der Waals surface area contributed by atoms with Crippen molar-refractivity contribution in [1.29, 1.82) is 0 Å². The molecule has 0 heterocycles. The number of nitrogens with one attached hydrogen (secondary N) is 1. The van der Waals surface area contributed by atoms with Gasteiger partial charge in [0.25, 0.3) is 0 Å². The molecule has 0 atom stereocenters. The van der Waals surface area contributed by atoms with E-state index in [0.29, 0.717) is 0 Å². The Morgan fingerprint density at radius 1 is 1.44 bits per heavy atom. The quantitative estimate of drug-likeness (QED) is 0.614. The molecule has 0 amide bonds. The minimum Gasteiger partial charge on any atom is -0.316 e. The molecule has 0 saturated carbocycles. The summed E-state index contributed by atoms with van der Waals surface area (Å²) in [5, 5.41) is 3.10. The second-order valence-electron chi connectivity index (χ2n) is 3.08. The number of alkyl halides is 1. The maximum Gasteiger partial charge on any atom is 0.0957 e. The normalized spacial score (nSPS) is 12.0. The molecule has 0 unspecified atom stereocenters. The molecule has 0 saturated heterocycles. The summed E-state index contributed by atoms with van der Waals surface area (Å²) in [6.07, 6.45) is 0. The number of halogens is 1. The Kier molecular flexibility index (Phi) is 3.78. The van der Waals surface area contributed by atoms with Gasteiger partial charge in [-0.05, 0) is 6.54 Å². The Morgan fingerprint density at radius 2 is 2.00 bits per heavy atom. The van der Waals surface area contributed by atoms with Crippen molar-refractivity contribution in [1.82, 2.24) is 5.32 Å². The molecular weight excluding hydrogens is 117 g/mol. The van der Waals surface area contributed by atoms with Gasteiger partial charge in [0.15, 0.2) is 0 Å². The summed E-state index contributed by atoms with van der Waals surface area (Å²) in [7, 11) is 0. The molecule has 0 fully saturated rings. The molecule has 0 bridgehead atoms. The molecule has 0 aliphatic carbocycles. The van der Waals surface area contributed by atoms with Gasteiger partial charge in [-0.1, -0.05) is 20.8 Å². The van der Waals surface area contributed by atoms with E-state index in [-0.39, 0.29) is 12.1 Å². The van der Waals surface area contributed by atoms with Crippen LogP contribution in [0.25, 0.3) is 0 Å². The second-order valence-corrected chi connectivity index (χ2v) is 3.08. The van der Waals surface area contributed by atoms with Crippen molar-refractivity contribution < 1.29 is 4.39 Å². The van der Waals surface area contributed by atoms with Crippen LogP contribution >= 0.6 is 0 Å². The zero-order valence-corrected chi connectivity index (χ0v) is 6.50. The molecule has 0 radical (unpaired) electrons. The molecule has 1 nitrogen and oxygen atoms in total. The summed E-state index contributed by atoms with van der Waals surface area (Å²) >= 11 is 0. The molecule has 0 spiro atoms. The van der Waals surface area contributed by atoms with E-state index in [2.05, 4.69) is 5.32 Å². The third kappa shape index (κ3) is 4.40. The van der Waals surface area contributed by atoms with Crippen LogP contribution in [0.3, 0.4) is 0 Å². The van der Waals surface area contributed by atoms with Crippen LogP contribution in [0.1, 0.15) is 20.8 Å². The van der Waals surface area contributed by atoms with Crippen LogP contribution in [0.2, 0.25) is 0 Å². The van der Waals surface area contributed by atoms with Gasteiger partial charge in [0.1, 0.15) is 0 Å². The highest BCUT2D eigenvalue weighted by atomic mass is 19.1. The first-order valence-electron chi connectivity index (χ1n) is 3.39. The van der Waals surface area contributed by atoms with Crippen molar-refractivity contribution in [2.75, 3.05) is 19.8 Å². The van der Waals surface area contributed by atoms with E-state index in [4.69, 9.17) is 0 Å². The number of hydrogen-bond acceptors (Lipinski definition) is 1. The number of hydrogen-bond donors (Lipinski definition) is 1. The van der Waals surface area contributed by atoms with Crippen molar-refractivity contribution >= 4 is 0 Å². The number of rotatable bonds is 4. The zero-order valence-electron chi connectivity index (χ0n) is 6.50. The molecule has 0 aromatic carbocycles. The molecule has 9 heavy (non-hydrogen) atoms. The Morgan fingerprint density at radius 3 is 2.33 bits per heavy atom. The first-order valence-corrected chi connectivity index (χ1v) is 3.39. The van der Waals surface area contributed by atoms with E-state index >= 15 is 0 Å². The first kappa shape index (κ1) is 8.89. The van der Waals surface area contributed by atoms with Gasteiger partial charge in [0.2, 0.25) is 0 Å². The topological polar surface area (TPSA) is 12.0 Å². The second kappa shape index (κ2) is 3.83. The van der Waals surface area contributed by atoms with E-state index in [1.165, 1.54) is 0 Å². The Hall–Kier alpha value is -0.110. The van der Waals surface area contributed by atoms with Crippen molar-refractivity contribution in [3.05, 3.63) is 0 Å². The lowest BCUT2D eigenvalue weighted by Crippen LogP contribution is -2.30. The predicted octanol–water partition coefficient (Wildman–Crippen LogP) is 1.59. The Bertz CT molecular complexity index is 71.3. The molecule has 0 aromatic heterocycles. The van der Waals surface area contributed by atoms with Gasteiger partial charge in [-0.2, -0.15) is 0 Å². The fraction of sp³-hybridized carbons (Fsp3) is 1.00. The molecule has 0 aliphatic heterocycles. The minimum absolute atomic E-state index is 0.185. The lowest BCUT2D eigenvalue weighted by Gasteiger charge is -2.19. The molecule has 56 valence electrons. The van der Waals surface area contributed by atoms with Crippen LogP contribution in [0.15, 0.2) is 0 Å². The van der Waals surface area contributed by atoms with Gasteiger partial charge >= 0.3 is 0 Å². The van der Waals surface area contributed by atoms with Gasteiger partial charge in [0.05, 0.1) is 6.67 Å². The lowest BCUT2D eigenvalue weighted by molar-refractivity contribution is 0.249. The zero-order chi connectivity index (χ0) is 7.33. The molecule has 1 N–H and O–H groups in total. The van der Waals surface area contributed by atoms with Gasteiger partial charge in [0, 0.05) is 12.0 Å². The van der Waals surface area contributed by atoms with Gasteiger partial charge < -0.3 is 5.32 Å². The standard InChI is InChI=1S/C7H16FN/c1-4-9-6-7(2,3)5-8/h9H,4-6H2,1-3H3. The van der Waals surface area contributed by atoms with Gasteiger partial charge in [-0.25, -0.2) is 0 Å². The largest absolute Gasteiger partial charge is 0.316 e. The van der Waals surface area contributed by atoms with Crippen LogP contribution in [0.4, 0.5) is 4.39 Å². The average Bonchev–Trinajstić information content (AvgIpc) is 1.84. The van der Waals surface area contributed by atoms with Crippen molar-refractivity contribution in [3.63, 3.8) is 0 Å².